The Morgan fingerprint density at radius 1 is 1.35 bits per heavy atom. The second-order valence-corrected chi connectivity index (χ2v) is 7.48. The number of nitrogens with zero attached hydrogens (tertiary/aromatic N) is 2. The minimum Gasteiger partial charge on any atom is -0.478 e. The van der Waals surface area contributed by atoms with Crippen molar-refractivity contribution in [3.63, 3.8) is 0 Å². The minimum atomic E-state index is -4.59. The van der Waals surface area contributed by atoms with E-state index in [1.807, 2.05) is 4.90 Å². The Morgan fingerprint density at radius 3 is 2.68 bits per heavy atom. The van der Waals surface area contributed by atoms with Gasteiger partial charge >= 0.3 is 12.1 Å². The molecule has 2 heterocycles. The van der Waals surface area contributed by atoms with Crippen LogP contribution in [0.1, 0.15) is 36.5 Å². The zero-order valence-corrected chi connectivity index (χ0v) is 17.2. The van der Waals surface area contributed by atoms with Crippen LogP contribution < -0.4 is 10.2 Å². The summed E-state index contributed by atoms with van der Waals surface area (Å²) in [5, 5.41) is 12.0. The Kier molecular flexibility index (Phi) is 6.68. The first kappa shape index (κ1) is 22.8. The molecule has 1 aromatic carbocycles. The zero-order valence-electron chi connectivity index (χ0n) is 17.2. The molecule has 2 aliphatic heterocycles. The van der Waals surface area contributed by atoms with Crippen LogP contribution in [0, 0.1) is 0 Å². The first-order valence-electron chi connectivity index (χ1n) is 9.92. The Morgan fingerprint density at radius 2 is 2.10 bits per heavy atom. The molecule has 2 N–H and O–H groups in total. The number of benzene rings is 1. The van der Waals surface area contributed by atoms with E-state index in [1.165, 1.54) is 13.2 Å². The van der Waals surface area contributed by atoms with Gasteiger partial charge in [0.1, 0.15) is 11.4 Å². The average Bonchev–Trinajstić information content (AvgIpc) is 3.19. The molecule has 168 valence electrons. The van der Waals surface area contributed by atoms with Crippen LogP contribution in [-0.4, -0.2) is 61.2 Å². The van der Waals surface area contributed by atoms with E-state index in [4.69, 9.17) is 4.74 Å². The summed E-state index contributed by atoms with van der Waals surface area (Å²) in [6.07, 6.45) is -4.47. The Labute approximate surface area is 177 Å². The van der Waals surface area contributed by atoms with E-state index in [0.717, 1.165) is 5.69 Å². The van der Waals surface area contributed by atoms with Crippen molar-refractivity contribution in [2.24, 2.45) is 4.99 Å². The van der Waals surface area contributed by atoms with Crippen LogP contribution in [0.4, 0.5) is 18.9 Å². The van der Waals surface area contributed by atoms with Gasteiger partial charge in [0.05, 0.1) is 17.7 Å². The standard InChI is InChI=1S/C21H24F3N3O4/c1-3-12-10-16(25-18(12)21(22,23)24)19(28)26-15-7-8-27(11-17(15)31-2)14-6-4-5-13(9-14)20(29)30/h4-6,9,15,17H,3,7-8,10-11H2,1-2H3,(H,26,28)(H,29,30)/t15-,17+/m1/s1. The fourth-order valence-electron chi connectivity index (χ4n) is 3.87. The number of halogens is 3. The number of allylic oxidation sites excluding steroid dienone is 2. The van der Waals surface area contributed by atoms with E-state index < -0.39 is 35.9 Å². The third-order valence-corrected chi connectivity index (χ3v) is 5.56. The van der Waals surface area contributed by atoms with E-state index in [9.17, 15) is 27.9 Å². The lowest BCUT2D eigenvalue weighted by Crippen LogP contribution is -2.56. The number of carboxylic acid groups (broad SMARTS) is 1. The summed E-state index contributed by atoms with van der Waals surface area (Å²) in [6, 6.07) is 6.12. The second-order valence-electron chi connectivity index (χ2n) is 7.48. The second kappa shape index (κ2) is 9.09. The van der Waals surface area contributed by atoms with Gasteiger partial charge in [0, 0.05) is 32.3 Å². The number of rotatable bonds is 6. The number of nitrogens with one attached hydrogen (secondary N) is 1. The first-order valence-corrected chi connectivity index (χ1v) is 9.92. The molecule has 3 rings (SSSR count). The number of carbonyl (C=O) groups is 2. The number of amides is 1. The number of ether oxygens (including phenoxy) is 1. The summed E-state index contributed by atoms with van der Waals surface area (Å²) in [5.41, 5.74) is -0.124. The Balaban J connectivity index is 1.67. The van der Waals surface area contributed by atoms with E-state index >= 15 is 0 Å². The van der Waals surface area contributed by atoms with Crippen molar-refractivity contribution in [1.29, 1.82) is 0 Å². The largest absolute Gasteiger partial charge is 0.478 e. The lowest BCUT2D eigenvalue weighted by molar-refractivity contribution is -0.116. The third-order valence-electron chi connectivity index (χ3n) is 5.56. The molecule has 7 nitrogen and oxygen atoms in total. The van der Waals surface area contributed by atoms with Gasteiger partial charge < -0.3 is 20.1 Å². The number of piperidine rings is 1. The van der Waals surface area contributed by atoms with Gasteiger partial charge in [-0.1, -0.05) is 13.0 Å². The highest BCUT2D eigenvalue weighted by Crippen LogP contribution is 2.36. The zero-order chi connectivity index (χ0) is 22.8. The number of hydrogen-bond donors (Lipinski definition) is 2. The van der Waals surface area contributed by atoms with Gasteiger partial charge in [-0.3, -0.25) is 4.79 Å². The highest BCUT2D eigenvalue weighted by molar-refractivity contribution is 6.40. The molecule has 0 aliphatic carbocycles. The van der Waals surface area contributed by atoms with Crippen molar-refractivity contribution in [2.45, 2.75) is 44.5 Å². The number of alkyl halides is 3. The van der Waals surface area contributed by atoms with Crippen LogP contribution in [-0.2, 0) is 9.53 Å². The summed E-state index contributed by atoms with van der Waals surface area (Å²) in [7, 11) is 1.49. The third kappa shape index (κ3) is 5.07. The van der Waals surface area contributed by atoms with E-state index in [-0.39, 0.29) is 29.7 Å². The molecular formula is C21H24F3N3O4. The number of methoxy groups -OCH3 is 1. The molecule has 1 saturated heterocycles. The van der Waals surface area contributed by atoms with E-state index in [1.54, 1.807) is 25.1 Å². The van der Waals surface area contributed by atoms with Crippen molar-refractivity contribution in [2.75, 3.05) is 25.1 Å². The lowest BCUT2D eigenvalue weighted by Gasteiger charge is -2.39. The van der Waals surface area contributed by atoms with Crippen LogP contribution in [0.2, 0.25) is 0 Å². The van der Waals surface area contributed by atoms with Crippen molar-refractivity contribution in [1.82, 2.24) is 5.32 Å². The van der Waals surface area contributed by atoms with Crippen LogP contribution >= 0.6 is 0 Å². The first-order chi connectivity index (χ1) is 14.6. The highest BCUT2D eigenvalue weighted by atomic mass is 19.4. The Bertz CT molecular complexity index is 927. The summed E-state index contributed by atoms with van der Waals surface area (Å²) in [4.78, 5) is 29.3. The van der Waals surface area contributed by atoms with Gasteiger partial charge in [-0.05, 0) is 36.6 Å². The fraction of sp³-hybridized carbons (Fsp3) is 0.476. The molecule has 10 heteroatoms. The van der Waals surface area contributed by atoms with Crippen LogP contribution in [0.15, 0.2) is 40.5 Å². The molecule has 1 amide bonds. The van der Waals surface area contributed by atoms with E-state index in [0.29, 0.717) is 19.5 Å². The van der Waals surface area contributed by atoms with Crippen LogP contribution in [0.3, 0.4) is 0 Å². The minimum absolute atomic E-state index is 0.106. The van der Waals surface area contributed by atoms with Gasteiger partial charge in [0.15, 0.2) is 0 Å². The molecule has 2 aliphatic rings. The number of anilines is 1. The SMILES string of the molecule is CCC1=C(C(F)(F)F)N=C(C(=O)N[C@@H]2CCN(c3cccc(C(=O)O)c3)C[C@@H]2OC)C1. The normalized spacial score (nSPS) is 21.8. The van der Waals surface area contributed by atoms with Gasteiger partial charge in [-0.25, -0.2) is 9.79 Å². The smallest absolute Gasteiger partial charge is 0.433 e. The van der Waals surface area contributed by atoms with Gasteiger partial charge in [-0.15, -0.1) is 0 Å². The molecule has 0 spiro atoms. The monoisotopic (exact) mass is 439 g/mol. The van der Waals surface area contributed by atoms with Crippen LogP contribution in [0.25, 0.3) is 0 Å². The molecule has 0 unspecified atom stereocenters. The van der Waals surface area contributed by atoms with Gasteiger partial charge in [0.2, 0.25) is 0 Å². The van der Waals surface area contributed by atoms with Crippen LogP contribution in [0.5, 0.6) is 0 Å². The van der Waals surface area contributed by atoms with Crippen molar-refractivity contribution < 1.29 is 32.6 Å². The summed E-state index contributed by atoms with van der Waals surface area (Å²) in [6.45, 7) is 2.52. The number of aromatic carboxylic acids is 1. The summed E-state index contributed by atoms with van der Waals surface area (Å²) >= 11 is 0. The highest BCUT2D eigenvalue weighted by Gasteiger charge is 2.41. The predicted octanol–water partition coefficient (Wildman–Crippen LogP) is 3.17. The molecule has 0 bridgehead atoms. The lowest BCUT2D eigenvalue weighted by atomic mass is 9.99. The maximum atomic E-state index is 13.1. The fourth-order valence-corrected chi connectivity index (χ4v) is 3.87. The molecule has 1 fully saturated rings. The Hall–Kier alpha value is -2.88. The molecule has 0 aromatic heterocycles. The maximum Gasteiger partial charge on any atom is 0.433 e. The molecule has 1 aromatic rings. The number of hydrogen-bond acceptors (Lipinski definition) is 5. The van der Waals surface area contributed by atoms with E-state index in [2.05, 4.69) is 10.3 Å². The number of carbonyl (C=O) groups excluding carboxylic acids is 1. The molecule has 0 radical (unpaired) electrons. The topological polar surface area (TPSA) is 91.2 Å². The molecule has 2 atom stereocenters. The summed E-state index contributed by atoms with van der Waals surface area (Å²) < 4.78 is 44.9. The number of carboxylic acids is 1. The summed E-state index contributed by atoms with van der Waals surface area (Å²) in [5.74, 6) is -1.65. The van der Waals surface area contributed by atoms with Crippen molar-refractivity contribution >= 4 is 23.3 Å². The quantitative estimate of drug-likeness (QED) is 0.711. The predicted molar refractivity (Wildman–Crippen MR) is 108 cm³/mol. The average molecular weight is 439 g/mol. The molecular weight excluding hydrogens is 415 g/mol. The van der Waals surface area contributed by atoms with Crippen molar-refractivity contribution in [3.8, 4) is 0 Å². The maximum absolute atomic E-state index is 13.1. The van der Waals surface area contributed by atoms with Gasteiger partial charge in [0.25, 0.3) is 5.91 Å². The number of aliphatic imine (C=N–C) groups is 1. The van der Waals surface area contributed by atoms with Gasteiger partial charge in [-0.2, -0.15) is 13.2 Å². The molecule has 31 heavy (non-hydrogen) atoms. The molecule has 0 saturated carbocycles. The van der Waals surface area contributed by atoms with Crippen molar-refractivity contribution in [3.05, 3.63) is 41.1 Å².